The van der Waals surface area contributed by atoms with E-state index in [9.17, 15) is 4.79 Å². The van der Waals surface area contributed by atoms with Gasteiger partial charge < -0.3 is 19.7 Å². The van der Waals surface area contributed by atoms with Crippen molar-refractivity contribution in [3.63, 3.8) is 0 Å². The fourth-order valence-corrected chi connectivity index (χ4v) is 3.88. The van der Waals surface area contributed by atoms with Crippen molar-refractivity contribution >= 4 is 17.6 Å². The lowest BCUT2D eigenvalue weighted by Crippen LogP contribution is -2.53. The van der Waals surface area contributed by atoms with Crippen molar-refractivity contribution in [2.45, 2.75) is 19.0 Å². The fraction of sp³-hybridized carbons (Fsp3) is 0.632. The van der Waals surface area contributed by atoms with E-state index in [2.05, 4.69) is 10.2 Å². The van der Waals surface area contributed by atoms with E-state index in [4.69, 9.17) is 21.1 Å². The van der Waals surface area contributed by atoms with Crippen LogP contribution in [0.4, 0.5) is 4.79 Å². The van der Waals surface area contributed by atoms with Gasteiger partial charge in [-0.05, 0) is 24.1 Å². The van der Waals surface area contributed by atoms with Crippen LogP contribution >= 0.6 is 11.6 Å². The summed E-state index contributed by atoms with van der Waals surface area (Å²) in [6.07, 6.45) is 1.05. The van der Waals surface area contributed by atoms with Crippen molar-refractivity contribution in [3.8, 4) is 0 Å². The number of hydrogen-bond donors (Lipinski definition) is 1. The van der Waals surface area contributed by atoms with Crippen LogP contribution in [-0.2, 0) is 16.0 Å². The molecule has 2 fully saturated rings. The molecular formula is C19H28ClN3O3. The minimum atomic E-state index is -0.0675. The van der Waals surface area contributed by atoms with E-state index in [1.54, 1.807) is 11.9 Å². The van der Waals surface area contributed by atoms with E-state index in [0.717, 1.165) is 51.5 Å². The Hall–Kier alpha value is -1.34. The number of amides is 2. The first kappa shape index (κ1) is 19.4. The quantitative estimate of drug-likeness (QED) is 0.821. The lowest BCUT2D eigenvalue weighted by molar-refractivity contribution is 0.00190. The lowest BCUT2D eigenvalue weighted by atomic mass is 9.97. The minimum absolute atomic E-state index is 0.0675. The number of hydrogen-bond acceptors (Lipinski definition) is 4. The topological polar surface area (TPSA) is 54.0 Å². The van der Waals surface area contributed by atoms with Crippen LogP contribution in [0.15, 0.2) is 24.3 Å². The highest BCUT2D eigenvalue weighted by atomic mass is 35.5. The largest absolute Gasteiger partial charge is 0.381 e. The first-order chi connectivity index (χ1) is 12.6. The Morgan fingerprint density at radius 3 is 2.85 bits per heavy atom. The van der Waals surface area contributed by atoms with Crippen molar-refractivity contribution in [3.05, 3.63) is 34.9 Å². The maximum Gasteiger partial charge on any atom is 0.317 e. The van der Waals surface area contributed by atoms with Gasteiger partial charge in [0.25, 0.3) is 0 Å². The molecule has 2 amide bonds. The van der Waals surface area contributed by atoms with Crippen LogP contribution in [0, 0.1) is 5.92 Å². The monoisotopic (exact) mass is 381 g/mol. The lowest BCUT2D eigenvalue weighted by Gasteiger charge is -2.37. The third-order valence-electron chi connectivity index (χ3n) is 5.14. The molecule has 26 heavy (non-hydrogen) atoms. The SMILES string of the molecule is CN(Cc1cccc(Cl)c1)C(=O)NCC(C1CCOC1)N1CCOCC1. The normalized spacial score (nSPS) is 22.2. The van der Waals surface area contributed by atoms with Crippen molar-refractivity contribution in [1.82, 2.24) is 15.1 Å². The second-order valence-corrected chi connectivity index (χ2v) is 7.45. The van der Waals surface area contributed by atoms with Gasteiger partial charge >= 0.3 is 6.03 Å². The number of nitrogens with zero attached hydrogens (tertiary/aromatic N) is 2. The summed E-state index contributed by atoms with van der Waals surface area (Å²) in [4.78, 5) is 16.7. The average Bonchev–Trinajstić information content (AvgIpc) is 3.17. The molecule has 6 nitrogen and oxygen atoms in total. The molecule has 2 heterocycles. The van der Waals surface area contributed by atoms with Crippen LogP contribution in [0.3, 0.4) is 0 Å². The highest BCUT2D eigenvalue weighted by Gasteiger charge is 2.31. The highest BCUT2D eigenvalue weighted by molar-refractivity contribution is 6.30. The summed E-state index contributed by atoms with van der Waals surface area (Å²) in [6.45, 7) is 6.09. The van der Waals surface area contributed by atoms with Crippen LogP contribution in [0.5, 0.6) is 0 Å². The summed E-state index contributed by atoms with van der Waals surface area (Å²) in [5, 5.41) is 3.79. The molecule has 0 radical (unpaired) electrons. The number of carbonyl (C=O) groups is 1. The number of halogens is 1. The Kier molecular flexibility index (Phi) is 7.14. The second-order valence-electron chi connectivity index (χ2n) is 7.01. The molecule has 0 bridgehead atoms. The van der Waals surface area contributed by atoms with Crippen LogP contribution in [-0.4, -0.2) is 75.0 Å². The summed E-state index contributed by atoms with van der Waals surface area (Å²) in [5.41, 5.74) is 1.02. The van der Waals surface area contributed by atoms with Crippen LogP contribution in [0.1, 0.15) is 12.0 Å². The molecule has 2 aliphatic heterocycles. The van der Waals surface area contributed by atoms with E-state index in [1.165, 1.54) is 0 Å². The van der Waals surface area contributed by atoms with Gasteiger partial charge in [-0.15, -0.1) is 0 Å². The van der Waals surface area contributed by atoms with E-state index in [-0.39, 0.29) is 6.03 Å². The predicted molar refractivity (Wildman–Crippen MR) is 101 cm³/mol. The number of ether oxygens (including phenoxy) is 2. The van der Waals surface area contributed by atoms with Gasteiger partial charge in [0.2, 0.25) is 0 Å². The number of nitrogens with one attached hydrogen (secondary N) is 1. The molecule has 1 aromatic rings. The molecular weight excluding hydrogens is 354 g/mol. The summed E-state index contributed by atoms with van der Waals surface area (Å²) < 4.78 is 11.1. The van der Waals surface area contributed by atoms with Gasteiger partial charge in [0.1, 0.15) is 0 Å². The van der Waals surface area contributed by atoms with Crippen molar-refractivity contribution in [2.75, 3.05) is 53.1 Å². The van der Waals surface area contributed by atoms with Gasteiger partial charge in [-0.3, -0.25) is 4.90 Å². The average molecular weight is 382 g/mol. The fourth-order valence-electron chi connectivity index (χ4n) is 3.67. The molecule has 144 valence electrons. The molecule has 1 aromatic carbocycles. The summed E-state index contributed by atoms with van der Waals surface area (Å²) in [7, 11) is 1.80. The maximum absolute atomic E-state index is 12.5. The molecule has 2 atom stereocenters. The Bertz CT molecular complexity index is 589. The smallest absolute Gasteiger partial charge is 0.317 e. The first-order valence-corrected chi connectivity index (χ1v) is 9.64. The Balaban J connectivity index is 1.54. The number of urea groups is 1. The van der Waals surface area contributed by atoms with Crippen molar-refractivity contribution < 1.29 is 14.3 Å². The molecule has 7 heteroatoms. The van der Waals surface area contributed by atoms with Gasteiger partial charge in [-0.2, -0.15) is 0 Å². The predicted octanol–water partition coefficient (Wildman–Crippen LogP) is 2.22. The van der Waals surface area contributed by atoms with Crippen LogP contribution in [0.25, 0.3) is 0 Å². The van der Waals surface area contributed by atoms with E-state index in [0.29, 0.717) is 30.1 Å². The van der Waals surface area contributed by atoms with Crippen molar-refractivity contribution in [1.29, 1.82) is 0 Å². The van der Waals surface area contributed by atoms with E-state index >= 15 is 0 Å². The number of carbonyl (C=O) groups excluding carboxylic acids is 1. The molecule has 0 spiro atoms. The Labute approximate surface area is 160 Å². The molecule has 2 saturated heterocycles. The highest BCUT2D eigenvalue weighted by Crippen LogP contribution is 2.22. The standard InChI is InChI=1S/C19H28ClN3O3/c1-22(13-15-3-2-4-17(20)11-15)19(24)21-12-18(16-5-8-26-14-16)23-6-9-25-10-7-23/h2-4,11,16,18H,5-10,12-14H2,1H3,(H,21,24). The number of rotatable bonds is 6. The van der Waals surface area contributed by atoms with Crippen LogP contribution < -0.4 is 5.32 Å². The third-order valence-corrected chi connectivity index (χ3v) is 5.38. The van der Waals surface area contributed by atoms with Gasteiger partial charge in [0.05, 0.1) is 19.8 Å². The summed E-state index contributed by atoms with van der Waals surface area (Å²) in [5.74, 6) is 0.464. The minimum Gasteiger partial charge on any atom is -0.381 e. The Morgan fingerprint density at radius 2 is 2.15 bits per heavy atom. The molecule has 1 N–H and O–H groups in total. The first-order valence-electron chi connectivity index (χ1n) is 9.26. The summed E-state index contributed by atoms with van der Waals surface area (Å²) in [6, 6.07) is 7.83. The summed E-state index contributed by atoms with van der Waals surface area (Å²) >= 11 is 6.02. The molecule has 2 aliphatic rings. The van der Waals surface area contributed by atoms with E-state index in [1.807, 2.05) is 24.3 Å². The number of benzene rings is 1. The number of morpholine rings is 1. The zero-order chi connectivity index (χ0) is 18.4. The molecule has 0 saturated carbocycles. The van der Waals surface area contributed by atoms with Gasteiger partial charge in [0, 0.05) is 56.8 Å². The third kappa shape index (κ3) is 5.33. The van der Waals surface area contributed by atoms with Gasteiger partial charge in [-0.1, -0.05) is 23.7 Å². The Morgan fingerprint density at radius 1 is 1.35 bits per heavy atom. The molecule has 3 rings (SSSR count). The van der Waals surface area contributed by atoms with Gasteiger partial charge in [-0.25, -0.2) is 4.79 Å². The maximum atomic E-state index is 12.5. The zero-order valence-corrected chi connectivity index (χ0v) is 16.1. The molecule has 0 aliphatic carbocycles. The molecule has 0 aromatic heterocycles. The van der Waals surface area contributed by atoms with E-state index < -0.39 is 0 Å². The molecule has 2 unspecified atom stereocenters. The van der Waals surface area contributed by atoms with Crippen LogP contribution in [0.2, 0.25) is 5.02 Å². The second kappa shape index (κ2) is 9.55. The van der Waals surface area contributed by atoms with Gasteiger partial charge in [0.15, 0.2) is 0 Å². The van der Waals surface area contributed by atoms with Crippen molar-refractivity contribution in [2.24, 2.45) is 5.92 Å². The zero-order valence-electron chi connectivity index (χ0n) is 15.3.